The van der Waals surface area contributed by atoms with E-state index >= 15 is 0 Å². The lowest BCUT2D eigenvalue weighted by Gasteiger charge is -2.12. The molecule has 0 radical (unpaired) electrons. The summed E-state index contributed by atoms with van der Waals surface area (Å²) in [5.41, 5.74) is 2.98. The van der Waals surface area contributed by atoms with Gasteiger partial charge in [-0.1, -0.05) is 41.9 Å². The van der Waals surface area contributed by atoms with Crippen LogP contribution in [0.25, 0.3) is 17.0 Å². The summed E-state index contributed by atoms with van der Waals surface area (Å²) in [6, 6.07) is 15.0. The second kappa shape index (κ2) is 9.41. The second-order valence-electron chi connectivity index (χ2n) is 7.09. The standard InChI is InChI=1S/C23H20ClN3O3S/c24-17-7-5-15(6-8-17)13-20-22(29)27(23(30)31-20)12-10-21(28)25-11-9-16-14-26-19-4-2-1-3-18(16)19/h1-8,13-14,26H,9-12H2,(H,25,28)/b20-13-. The third-order valence-corrected chi connectivity index (χ3v) is 6.15. The van der Waals surface area contributed by atoms with Gasteiger partial charge in [0.15, 0.2) is 0 Å². The highest BCUT2D eigenvalue weighted by molar-refractivity contribution is 8.18. The maximum absolute atomic E-state index is 12.5. The number of amides is 3. The number of aromatic nitrogens is 1. The van der Waals surface area contributed by atoms with E-state index in [9.17, 15) is 14.4 Å². The van der Waals surface area contributed by atoms with Gasteiger partial charge in [-0.15, -0.1) is 0 Å². The molecule has 0 unspecified atom stereocenters. The van der Waals surface area contributed by atoms with E-state index in [2.05, 4.69) is 10.3 Å². The Morgan fingerprint density at radius 1 is 1.13 bits per heavy atom. The van der Waals surface area contributed by atoms with E-state index in [-0.39, 0.29) is 30.0 Å². The van der Waals surface area contributed by atoms with Crippen molar-refractivity contribution in [2.75, 3.05) is 13.1 Å². The van der Waals surface area contributed by atoms with Crippen LogP contribution in [0.5, 0.6) is 0 Å². The lowest BCUT2D eigenvalue weighted by molar-refractivity contribution is -0.124. The number of H-pyrrole nitrogens is 1. The largest absolute Gasteiger partial charge is 0.361 e. The fourth-order valence-corrected chi connectivity index (χ4v) is 4.37. The molecule has 8 heteroatoms. The average Bonchev–Trinajstić information content (AvgIpc) is 3.29. The van der Waals surface area contributed by atoms with Crippen LogP contribution in [-0.4, -0.2) is 40.0 Å². The Morgan fingerprint density at radius 2 is 1.90 bits per heavy atom. The zero-order valence-electron chi connectivity index (χ0n) is 16.6. The second-order valence-corrected chi connectivity index (χ2v) is 8.52. The molecule has 2 aromatic carbocycles. The van der Waals surface area contributed by atoms with Crippen molar-refractivity contribution in [2.45, 2.75) is 12.8 Å². The molecule has 31 heavy (non-hydrogen) atoms. The van der Waals surface area contributed by atoms with Gasteiger partial charge in [0.25, 0.3) is 11.1 Å². The predicted molar refractivity (Wildman–Crippen MR) is 124 cm³/mol. The normalized spacial score (nSPS) is 15.3. The highest BCUT2D eigenvalue weighted by atomic mass is 35.5. The smallest absolute Gasteiger partial charge is 0.293 e. The summed E-state index contributed by atoms with van der Waals surface area (Å²) in [7, 11) is 0. The molecule has 1 aliphatic rings. The number of thioether (sulfide) groups is 1. The molecule has 0 spiro atoms. The number of imide groups is 1. The predicted octanol–water partition coefficient (Wildman–Crippen LogP) is 4.61. The summed E-state index contributed by atoms with van der Waals surface area (Å²) < 4.78 is 0. The van der Waals surface area contributed by atoms with E-state index in [4.69, 9.17) is 11.6 Å². The van der Waals surface area contributed by atoms with Gasteiger partial charge in [-0.25, -0.2) is 0 Å². The van der Waals surface area contributed by atoms with Crippen molar-refractivity contribution in [1.29, 1.82) is 0 Å². The van der Waals surface area contributed by atoms with Gasteiger partial charge in [0.2, 0.25) is 5.91 Å². The number of nitrogens with one attached hydrogen (secondary N) is 2. The highest BCUT2D eigenvalue weighted by Crippen LogP contribution is 2.32. The number of halogens is 1. The van der Waals surface area contributed by atoms with Gasteiger partial charge < -0.3 is 10.3 Å². The van der Waals surface area contributed by atoms with E-state index in [1.807, 2.05) is 30.5 Å². The van der Waals surface area contributed by atoms with Crippen molar-refractivity contribution >= 4 is 57.4 Å². The molecule has 0 aliphatic carbocycles. The molecule has 1 aliphatic heterocycles. The number of hydrogen-bond donors (Lipinski definition) is 2. The minimum absolute atomic E-state index is 0.0571. The summed E-state index contributed by atoms with van der Waals surface area (Å²) >= 11 is 6.75. The number of rotatable bonds is 7. The van der Waals surface area contributed by atoms with E-state index in [0.717, 1.165) is 38.7 Å². The summed E-state index contributed by atoms with van der Waals surface area (Å²) in [5.74, 6) is -0.572. The number of fused-ring (bicyclic) bond motifs is 1. The summed E-state index contributed by atoms with van der Waals surface area (Å²) in [5, 5.41) is 4.23. The van der Waals surface area contributed by atoms with Crippen LogP contribution in [0.1, 0.15) is 17.5 Å². The van der Waals surface area contributed by atoms with Gasteiger partial charge in [-0.05, 0) is 53.6 Å². The molecule has 2 N–H and O–H groups in total. The maximum atomic E-state index is 12.5. The molecule has 6 nitrogen and oxygen atoms in total. The Kier molecular flexibility index (Phi) is 6.44. The minimum Gasteiger partial charge on any atom is -0.361 e. The highest BCUT2D eigenvalue weighted by Gasteiger charge is 2.34. The van der Waals surface area contributed by atoms with Gasteiger partial charge >= 0.3 is 0 Å². The number of carbonyl (C=O) groups excluding carboxylic acids is 3. The van der Waals surface area contributed by atoms with Gasteiger partial charge in [0.1, 0.15) is 0 Å². The summed E-state index contributed by atoms with van der Waals surface area (Å²) in [4.78, 5) is 41.6. The lowest BCUT2D eigenvalue weighted by atomic mass is 10.1. The maximum Gasteiger partial charge on any atom is 0.293 e. The molecule has 1 saturated heterocycles. The van der Waals surface area contributed by atoms with E-state index in [0.29, 0.717) is 22.9 Å². The minimum atomic E-state index is -0.378. The number of para-hydroxylation sites is 1. The van der Waals surface area contributed by atoms with Crippen LogP contribution >= 0.6 is 23.4 Å². The Hall–Kier alpha value is -3.03. The monoisotopic (exact) mass is 453 g/mol. The molecular weight excluding hydrogens is 434 g/mol. The number of hydrogen-bond acceptors (Lipinski definition) is 4. The zero-order valence-corrected chi connectivity index (χ0v) is 18.1. The molecule has 1 fully saturated rings. The van der Waals surface area contributed by atoms with E-state index in [1.54, 1.807) is 30.3 Å². The fourth-order valence-electron chi connectivity index (χ4n) is 3.38. The van der Waals surface area contributed by atoms with Crippen LogP contribution in [0.15, 0.2) is 59.6 Å². The first-order chi connectivity index (χ1) is 15.0. The first-order valence-corrected chi connectivity index (χ1v) is 11.0. The van der Waals surface area contributed by atoms with Crippen LogP contribution in [0.3, 0.4) is 0 Å². The van der Waals surface area contributed by atoms with Crippen molar-refractivity contribution in [3.8, 4) is 0 Å². The molecule has 3 amide bonds. The molecule has 158 valence electrons. The summed E-state index contributed by atoms with van der Waals surface area (Å²) in [6.07, 6.45) is 4.37. The number of carbonyl (C=O) groups is 3. The van der Waals surface area contributed by atoms with Gasteiger partial charge in [-0.3, -0.25) is 19.3 Å². The SMILES string of the molecule is O=C(CCN1C(=O)S/C(=C\c2ccc(Cl)cc2)C1=O)NCCc1c[nH]c2ccccc12. The molecule has 3 aromatic rings. The Labute approximate surface area is 188 Å². The summed E-state index contributed by atoms with van der Waals surface area (Å²) in [6.45, 7) is 0.542. The molecule has 4 rings (SSSR count). The molecule has 0 saturated carbocycles. The molecule has 2 heterocycles. The van der Waals surface area contributed by atoms with E-state index in [1.165, 1.54) is 0 Å². The number of aromatic amines is 1. The van der Waals surface area contributed by atoms with Crippen LogP contribution in [0.4, 0.5) is 4.79 Å². The van der Waals surface area contributed by atoms with Crippen LogP contribution in [0.2, 0.25) is 5.02 Å². The van der Waals surface area contributed by atoms with Gasteiger partial charge in [0, 0.05) is 41.6 Å². The van der Waals surface area contributed by atoms with Crippen LogP contribution in [-0.2, 0) is 16.0 Å². The Bertz CT molecular complexity index is 1170. The van der Waals surface area contributed by atoms with Crippen LogP contribution < -0.4 is 5.32 Å². The quantitative estimate of drug-likeness (QED) is 0.512. The first-order valence-electron chi connectivity index (χ1n) is 9.84. The van der Waals surface area contributed by atoms with Gasteiger partial charge in [-0.2, -0.15) is 0 Å². The average molecular weight is 454 g/mol. The third-order valence-electron chi connectivity index (χ3n) is 5.00. The number of benzene rings is 2. The Balaban J connectivity index is 1.27. The van der Waals surface area contributed by atoms with Crippen molar-refractivity contribution in [2.24, 2.45) is 0 Å². The van der Waals surface area contributed by atoms with E-state index < -0.39 is 0 Å². The fraction of sp³-hybridized carbons (Fsp3) is 0.174. The zero-order chi connectivity index (χ0) is 21.8. The molecule has 0 bridgehead atoms. The topological polar surface area (TPSA) is 82.3 Å². The van der Waals surface area contributed by atoms with Gasteiger partial charge in [0.05, 0.1) is 4.91 Å². The molecule has 1 aromatic heterocycles. The molecule has 0 atom stereocenters. The lowest BCUT2D eigenvalue weighted by Crippen LogP contribution is -2.34. The van der Waals surface area contributed by atoms with Crippen molar-refractivity contribution in [3.63, 3.8) is 0 Å². The first kappa shape index (κ1) is 21.2. The third kappa shape index (κ3) is 5.00. The van der Waals surface area contributed by atoms with Crippen molar-refractivity contribution in [1.82, 2.24) is 15.2 Å². The molecular formula is C23H20ClN3O3S. The van der Waals surface area contributed by atoms with Crippen LogP contribution in [0, 0.1) is 0 Å². The van der Waals surface area contributed by atoms with Crippen molar-refractivity contribution in [3.05, 3.63) is 75.8 Å². The number of nitrogens with zero attached hydrogens (tertiary/aromatic N) is 1. The Morgan fingerprint density at radius 3 is 2.71 bits per heavy atom. The van der Waals surface area contributed by atoms with Crippen molar-refractivity contribution < 1.29 is 14.4 Å².